The van der Waals surface area contributed by atoms with Crippen molar-refractivity contribution in [3.05, 3.63) is 59.5 Å². The van der Waals surface area contributed by atoms with E-state index >= 15 is 0 Å². The summed E-state index contributed by atoms with van der Waals surface area (Å²) in [6, 6.07) is 12.1. The van der Waals surface area contributed by atoms with Crippen molar-refractivity contribution in [2.45, 2.75) is 6.54 Å². The van der Waals surface area contributed by atoms with Crippen molar-refractivity contribution < 1.29 is 0 Å². The van der Waals surface area contributed by atoms with Crippen LogP contribution in [-0.2, 0) is 6.54 Å². The average Bonchev–Trinajstić information content (AvgIpc) is 2.32. The number of rotatable bonds is 3. The van der Waals surface area contributed by atoms with Gasteiger partial charge < -0.3 is 5.32 Å². The summed E-state index contributed by atoms with van der Waals surface area (Å²) in [6.45, 7) is 0.707. The van der Waals surface area contributed by atoms with Crippen molar-refractivity contribution in [2.75, 3.05) is 5.32 Å². The van der Waals surface area contributed by atoms with E-state index in [0.29, 0.717) is 6.54 Å². The van der Waals surface area contributed by atoms with Crippen LogP contribution in [0.15, 0.2) is 45.3 Å². The molecule has 0 saturated carbocycles. The van der Waals surface area contributed by atoms with E-state index in [4.69, 9.17) is 11.6 Å². The normalized spacial score (nSPS) is 10.4. The molecule has 0 atom stereocenters. The molecule has 0 radical (unpaired) electrons. The number of benzene rings is 2. The summed E-state index contributed by atoms with van der Waals surface area (Å²) in [6.07, 6.45) is 0. The molecule has 0 heterocycles. The standard InChI is InChI=1S/C13H9Br2ClIN/c14-9-2-1-8(11(16)5-9)7-18-13-6-10(15)3-4-12(13)17/h1-6,18H,7H2. The van der Waals surface area contributed by atoms with Crippen molar-refractivity contribution in [3.8, 4) is 0 Å². The van der Waals surface area contributed by atoms with E-state index in [-0.39, 0.29) is 0 Å². The quantitative estimate of drug-likeness (QED) is 0.503. The van der Waals surface area contributed by atoms with E-state index in [1.54, 1.807) is 0 Å². The van der Waals surface area contributed by atoms with Crippen molar-refractivity contribution in [2.24, 2.45) is 0 Å². The van der Waals surface area contributed by atoms with Gasteiger partial charge in [0.2, 0.25) is 0 Å². The van der Waals surface area contributed by atoms with Crippen LogP contribution in [0, 0.1) is 3.57 Å². The first-order valence-corrected chi connectivity index (χ1v) is 8.23. The van der Waals surface area contributed by atoms with Crippen LogP contribution >= 0.6 is 66.1 Å². The molecule has 0 unspecified atom stereocenters. The van der Waals surface area contributed by atoms with Crippen molar-refractivity contribution >= 4 is 71.7 Å². The van der Waals surface area contributed by atoms with Gasteiger partial charge in [-0.25, -0.2) is 0 Å². The third-order valence-corrected chi connectivity index (χ3v) is 4.69. The molecule has 2 rings (SSSR count). The van der Waals surface area contributed by atoms with Gasteiger partial charge in [0.05, 0.1) is 0 Å². The summed E-state index contributed by atoms with van der Waals surface area (Å²) in [5.74, 6) is 0. The Kier molecular flexibility index (Phi) is 5.35. The van der Waals surface area contributed by atoms with Gasteiger partial charge in [-0.3, -0.25) is 0 Å². The topological polar surface area (TPSA) is 12.0 Å². The van der Waals surface area contributed by atoms with Crippen LogP contribution in [0.25, 0.3) is 0 Å². The molecular formula is C13H9Br2ClIN. The highest BCUT2D eigenvalue weighted by Gasteiger charge is 2.03. The summed E-state index contributed by atoms with van der Waals surface area (Å²) in [5.41, 5.74) is 2.18. The van der Waals surface area contributed by atoms with E-state index in [2.05, 4.69) is 71.9 Å². The second-order valence-electron chi connectivity index (χ2n) is 3.71. The van der Waals surface area contributed by atoms with Crippen LogP contribution in [0.5, 0.6) is 0 Å². The second kappa shape index (κ2) is 6.59. The van der Waals surface area contributed by atoms with Crippen LogP contribution < -0.4 is 5.32 Å². The monoisotopic (exact) mass is 499 g/mol. The SMILES string of the molecule is Clc1cc(Br)ccc1CNc1cc(Br)ccc1I. The summed E-state index contributed by atoms with van der Waals surface area (Å²) in [7, 11) is 0. The van der Waals surface area contributed by atoms with Gasteiger partial charge in [-0.05, 0) is 58.5 Å². The molecule has 2 aromatic rings. The predicted molar refractivity (Wildman–Crippen MR) is 93.3 cm³/mol. The molecule has 0 aliphatic carbocycles. The molecule has 18 heavy (non-hydrogen) atoms. The van der Waals surface area contributed by atoms with Gasteiger partial charge >= 0.3 is 0 Å². The summed E-state index contributed by atoms with van der Waals surface area (Å²) in [5, 5.41) is 4.16. The first-order valence-electron chi connectivity index (χ1n) is 5.19. The van der Waals surface area contributed by atoms with Gasteiger partial charge in [-0.1, -0.05) is 49.5 Å². The minimum atomic E-state index is 0.707. The molecule has 5 heteroatoms. The smallest absolute Gasteiger partial charge is 0.0489 e. The zero-order valence-corrected chi connectivity index (χ0v) is 15.3. The first kappa shape index (κ1) is 14.6. The highest BCUT2D eigenvalue weighted by Crippen LogP contribution is 2.25. The molecule has 0 bridgehead atoms. The maximum Gasteiger partial charge on any atom is 0.0489 e. The summed E-state index contributed by atoms with van der Waals surface area (Å²) >= 11 is 15.4. The molecular weight excluding hydrogens is 492 g/mol. The lowest BCUT2D eigenvalue weighted by Crippen LogP contribution is -2.01. The van der Waals surface area contributed by atoms with Crippen LogP contribution in [0.3, 0.4) is 0 Å². The number of hydrogen-bond acceptors (Lipinski definition) is 1. The zero-order chi connectivity index (χ0) is 13.1. The van der Waals surface area contributed by atoms with Crippen LogP contribution in [0.4, 0.5) is 5.69 Å². The van der Waals surface area contributed by atoms with E-state index < -0.39 is 0 Å². The van der Waals surface area contributed by atoms with Crippen molar-refractivity contribution in [1.82, 2.24) is 0 Å². The molecule has 0 fully saturated rings. The molecule has 2 aromatic carbocycles. The Morgan fingerprint density at radius 1 is 1.06 bits per heavy atom. The number of anilines is 1. The Hall–Kier alpha value is 0.220. The molecule has 0 aromatic heterocycles. The molecule has 1 nitrogen and oxygen atoms in total. The van der Waals surface area contributed by atoms with Gasteiger partial charge in [0.1, 0.15) is 0 Å². The summed E-state index contributed by atoms with van der Waals surface area (Å²) < 4.78 is 3.24. The molecule has 0 amide bonds. The lowest BCUT2D eigenvalue weighted by molar-refractivity contribution is 1.14. The van der Waals surface area contributed by atoms with Gasteiger partial charge in [-0.15, -0.1) is 0 Å². The minimum Gasteiger partial charge on any atom is -0.380 e. The maximum absolute atomic E-state index is 6.19. The van der Waals surface area contributed by atoms with Gasteiger partial charge in [0, 0.05) is 29.8 Å². The molecule has 0 saturated heterocycles. The number of halogens is 4. The van der Waals surface area contributed by atoms with E-state index in [1.807, 2.05) is 24.3 Å². The van der Waals surface area contributed by atoms with Crippen molar-refractivity contribution in [1.29, 1.82) is 0 Å². The maximum atomic E-state index is 6.19. The zero-order valence-electron chi connectivity index (χ0n) is 9.18. The molecule has 94 valence electrons. The Balaban J connectivity index is 2.13. The number of hydrogen-bond donors (Lipinski definition) is 1. The lowest BCUT2D eigenvalue weighted by atomic mass is 10.2. The van der Waals surface area contributed by atoms with Gasteiger partial charge in [-0.2, -0.15) is 0 Å². The average molecular weight is 501 g/mol. The third-order valence-electron chi connectivity index (χ3n) is 2.41. The molecule has 1 N–H and O–H groups in total. The molecule has 0 aliphatic rings. The van der Waals surface area contributed by atoms with Crippen molar-refractivity contribution in [3.63, 3.8) is 0 Å². The molecule has 0 aliphatic heterocycles. The number of nitrogens with one attached hydrogen (secondary N) is 1. The van der Waals surface area contributed by atoms with E-state index in [1.165, 1.54) is 3.57 Å². The Labute approximate surface area is 142 Å². The first-order chi connectivity index (χ1) is 8.56. The fraction of sp³-hybridized carbons (Fsp3) is 0.0769. The fourth-order valence-electron chi connectivity index (χ4n) is 1.49. The van der Waals surface area contributed by atoms with Crippen LogP contribution in [-0.4, -0.2) is 0 Å². The van der Waals surface area contributed by atoms with Crippen LogP contribution in [0.2, 0.25) is 5.02 Å². The largest absolute Gasteiger partial charge is 0.380 e. The second-order valence-corrected chi connectivity index (χ2v) is 7.11. The Bertz CT molecular complexity index is 575. The summed E-state index contributed by atoms with van der Waals surface area (Å²) in [4.78, 5) is 0. The Morgan fingerprint density at radius 3 is 2.44 bits per heavy atom. The van der Waals surface area contributed by atoms with E-state index in [9.17, 15) is 0 Å². The Morgan fingerprint density at radius 2 is 1.72 bits per heavy atom. The van der Waals surface area contributed by atoms with E-state index in [0.717, 1.165) is 25.2 Å². The minimum absolute atomic E-state index is 0.707. The highest BCUT2D eigenvalue weighted by molar-refractivity contribution is 14.1. The van der Waals surface area contributed by atoms with Crippen LogP contribution in [0.1, 0.15) is 5.56 Å². The van der Waals surface area contributed by atoms with Gasteiger partial charge in [0.25, 0.3) is 0 Å². The van der Waals surface area contributed by atoms with Gasteiger partial charge in [0.15, 0.2) is 0 Å². The highest BCUT2D eigenvalue weighted by atomic mass is 127. The third kappa shape index (κ3) is 3.85. The lowest BCUT2D eigenvalue weighted by Gasteiger charge is -2.10. The molecule has 0 spiro atoms. The fourth-order valence-corrected chi connectivity index (χ4v) is 3.12. The predicted octanol–water partition coefficient (Wildman–Crippen LogP) is 6.08.